The number of carbonyl (C=O) groups is 2. The lowest BCUT2D eigenvalue weighted by atomic mass is 10.0. The van der Waals surface area contributed by atoms with Crippen molar-refractivity contribution in [3.05, 3.63) is 95.6 Å². The first-order valence-corrected chi connectivity index (χ1v) is 12.3. The number of anilines is 1. The topological polar surface area (TPSA) is 71.5 Å². The molecule has 0 saturated carbocycles. The van der Waals surface area contributed by atoms with Crippen LogP contribution in [0.5, 0.6) is 0 Å². The molecule has 0 spiro atoms. The first-order chi connectivity index (χ1) is 17.5. The minimum Gasteiger partial charge on any atom is -0.461 e. The van der Waals surface area contributed by atoms with Gasteiger partial charge in [-0.15, -0.1) is 12.4 Å². The number of benzene rings is 3. The molecule has 1 amide bonds. The summed E-state index contributed by atoms with van der Waals surface area (Å²) < 4.78 is 5.39. The highest BCUT2D eigenvalue weighted by Gasteiger charge is 2.15. The lowest BCUT2D eigenvalue weighted by Crippen LogP contribution is -2.27. The van der Waals surface area contributed by atoms with Gasteiger partial charge in [0.05, 0.1) is 22.3 Å². The van der Waals surface area contributed by atoms with Crippen molar-refractivity contribution in [1.82, 2.24) is 9.88 Å². The lowest BCUT2D eigenvalue weighted by molar-refractivity contribution is 0.0466. The molecule has 1 N–H and O–H groups in total. The Balaban J connectivity index is 0.00000380. The molecule has 3 aromatic carbocycles. The van der Waals surface area contributed by atoms with E-state index in [1.165, 1.54) is 0 Å². The van der Waals surface area contributed by atoms with Gasteiger partial charge in [0.15, 0.2) is 0 Å². The molecular weight excluding hydrogens is 486 g/mol. The molecule has 0 unspecified atom stereocenters. The van der Waals surface area contributed by atoms with Gasteiger partial charge >= 0.3 is 5.97 Å². The van der Waals surface area contributed by atoms with Crippen LogP contribution in [0.4, 0.5) is 5.69 Å². The van der Waals surface area contributed by atoms with Crippen LogP contribution >= 0.6 is 12.4 Å². The van der Waals surface area contributed by atoms with E-state index >= 15 is 0 Å². The maximum atomic E-state index is 13.3. The predicted molar refractivity (Wildman–Crippen MR) is 152 cm³/mol. The summed E-state index contributed by atoms with van der Waals surface area (Å²) in [4.78, 5) is 32.6. The van der Waals surface area contributed by atoms with Crippen molar-refractivity contribution in [2.24, 2.45) is 0 Å². The van der Waals surface area contributed by atoms with Gasteiger partial charge in [0.2, 0.25) is 0 Å². The van der Waals surface area contributed by atoms with Crippen molar-refractivity contribution >= 4 is 40.9 Å². The lowest BCUT2D eigenvalue weighted by Gasteiger charge is -2.17. The quantitative estimate of drug-likeness (QED) is 0.261. The molecule has 4 aromatic rings. The van der Waals surface area contributed by atoms with E-state index in [4.69, 9.17) is 9.72 Å². The van der Waals surface area contributed by atoms with Crippen molar-refractivity contribution in [1.29, 1.82) is 0 Å². The number of amides is 1. The summed E-state index contributed by atoms with van der Waals surface area (Å²) in [6.45, 7) is 9.08. The summed E-state index contributed by atoms with van der Waals surface area (Å²) in [5.74, 6) is -0.612. The highest BCUT2D eigenvalue weighted by Crippen LogP contribution is 2.26. The Morgan fingerprint density at radius 1 is 0.919 bits per heavy atom. The minimum atomic E-state index is -0.372. The molecule has 0 fully saturated rings. The second-order valence-corrected chi connectivity index (χ2v) is 8.63. The number of hydrogen-bond acceptors (Lipinski definition) is 5. The van der Waals surface area contributed by atoms with E-state index in [9.17, 15) is 9.59 Å². The summed E-state index contributed by atoms with van der Waals surface area (Å²) in [5.41, 5.74) is 5.18. The van der Waals surface area contributed by atoms with Crippen molar-refractivity contribution in [2.75, 3.05) is 31.6 Å². The van der Waals surface area contributed by atoms with Crippen LogP contribution in [0.1, 0.15) is 40.1 Å². The van der Waals surface area contributed by atoms with E-state index in [1.807, 2.05) is 61.5 Å². The zero-order valence-corrected chi connectivity index (χ0v) is 22.2. The fraction of sp³-hybridized carbons (Fsp3) is 0.233. The van der Waals surface area contributed by atoms with Gasteiger partial charge in [-0.05, 0) is 56.4 Å². The number of halogens is 1. The average Bonchev–Trinajstić information content (AvgIpc) is 2.91. The summed E-state index contributed by atoms with van der Waals surface area (Å²) in [6, 6.07) is 24.3. The van der Waals surface area contributed by atoms with Crippen molar-refractivity contribution in [3.63, 3.8) is 0 Å². The number of fused-ring (bicyclic) bond motifs is 1. The molecule has 37 heavy (non-hydrogen) atoms. The van der Waals surface area contributed by atoms with E-state index in [1.54, 1.807) is 24.3 Å². The molecule has 0 aliphatic heterocycles. The maximum Gasteiger partial charge on any atom is 0.338 e. The zero-order chi connectivity index (χ0) is 25.5. The van der Waals surface area contributed by atoms with Crippen LogP contribution in [0.2, 0.25) is 0 Å². The Hall–Kier alpha value is -3.74. The number of rotatable bonds is 9. The van der Waals surface area contributed by atoms with E-state index < -0.39 is 0 Å². The first-order valence-electron chi connectivity index (χ1n) is 12.3. The summed E-state index contributed by atoms with van der Waals surface area (Å²) in [6.07, 6.45) is 0. The third kappa shape index (κ3) is 6.94. The summed E-state index contributed by atoms with van der Waals surface area (Å²) in [5, 5.41) is 3.73. The van der Waals surface area contributed by atoms with Crippen LogP contribution in [0.15, 0.2) is 78.9 Å². The molecule has 6 nitrogen and oxygen atoms in total. The van der Waals surface area contributed by atoms with Gasteiger partial charge in [0.1, 0.15) is 6.61 Å². The molecule has 7 heteroatoms. The zero-order valence-electron chi connectivity index (χ0n) is 21.4. The normalized spacial score (nSPS) is 10.7. The standard InChI is InChI=1S/C30H31N3O3.ClH/c1-4-33(5-2)18-19-36-30(35)23-14-16-24(17-15-23)31-29(34)26-20-28(22-12-10-21(3)11-13-22)32-27-9-7-6-8-25(26)27;/h6-17,20H,4-5,18-19H2,1-3H3,(H,31,34);1H. The summed E-state index contributed by atoms with van der Waals surface area (Å²) in [7, 11) is 0. The number of ether oxygens (including phenoxy) is 1. The Morgan fingerprint density at radius 2 is 1.59 bits per heavy atom. The van der Waals surface area contributed by atoms with Gasteiger partial charge < -0.3 is 15.0 Å². The number of para-hydroxylation sites is 1. The van der Waals surface area contributed by atoms with Crippen LogP contribution in [-0.4, -0.2) is 48.0 Å². The SMILES string of the molecule is CCN(CC)CCOC(=O)c1ccc(NC(=O)c2cc(-c3ccc(C)cc3)nc3ccccc23)cc1.Cl. The van der Waals surface area contributed by atoms with Crippen LogP contribution in [0.25, 0.3) is 22.2 Å². The van der Waals surface area contributed by atoms with Crippen LogP contribution in [-0.2, 0) is 4.74 Å². The van der Waals surface area contributed by atoms with E-state index in [2.05, 4.69) is 24.1 Å². The van der Waals surface area contributed by atoms with E-state index in [0.29, 0.717) is 30.0 Å². The van der Waals surface area contributed by atoms with Crippen LogP contribution in [0.3, 0.4) is 0 Å². The molecule has 0 radical (unpaired) electrons. The molecule has 0 saturated heterocycles. The van der Waals surface area contributed by atoms with Crippen LogP contribution < -0.4 is 5.32 Å². The highest BCUT2D eigenvalue weighted by molar-refractivity contribution is 6.13. The third-order valence-corrected chi connectivity index (χ3v) is 6.22. The second kappa shape index (κ2) is 13.0. The number of nitrogens with zero attached hydrogens (tertiary/aromatic N) is 2. The van der Waals surface area contributed by atoms with Crippen LogP contribution in [0, 0.1) is 6.92 Å². The largest absolute Gasteiger partial charge is 0.461 e. The molecular formula is C30H32ClN3O3. The first kappa shape index (κ1) is 27.8. The Labute approximate surface area is 224 Å². The third-order valence-electron chi connectivity index (χ3n) is 6.22. The maximum absolute atomic E-state index is 13.3. The number of likely N-dealkylation sites (N-methyl/N-ethyl adjacent to an activating group) is 1. The van der Waals surface area contributed by atoms with Gasteiger partial charge in [0.25, 0.3) is 5.91 Å². The molecule has 0 atom stereocenters. The average molecular weight is 518 g/mol. The number of hydrogen-bond donors (Lipinski definition) is 1. The molecule has 192 valence electrons. The smallest absolute Gasteiger partial charge is 0.338 e. The molecule has 0 aliphatic rings. The fourth-order valence-electron chi connectivity index (χ4n) is 4.01. The van der Waals surface area contributed by atoms with Gasteiger partial charge in [-0.25, -0.2) is 9.78 Å². The number of pyridine rings is 1. The fourth-order valence-corrected chi connectivity index (χ4v) is 4.01. The molecule has 1 aromatic heterocycles. The van der Waals surface area contributed by atoms with Crippen molar-refractivity contribution in [2.45, 2.75) is 20.8 Å². The van der Waals surface area contributed by atoms with Crippen molar-refractivity contribution < 1.29 is 14.3 Å². The minimum absolute atomic E-state index is 0. The Morgan fingerprint density at radius 3 is 2.27 bits per heavy atom. The van der Waals surface area contributed by atoms with Crippen molar-refractivity contribution in [3.8, 4) is 11.3 Å². The predicted octanol–water partition coefficient (Wildman–Crippen LogP) is 6.38. The van der Waals surface area contributed by atoms with Gasteiger partial charge in [-0.2, -0.15) is 0 Å². The number of aromatic nitrogens is 1. The molecule has 0 aliphatic carbocycles. The monoisotopic (exact) mass is 517 g/mol. The van der Waals surface area contributed by atoms with Gasteiger partial charge in [-0.1, -0.05) is 61.9 Å². The number of carbonyl (C=O) groups excluding carboxylic acids is 2. The van der Waals surface area contributed by atoms with Gasteiger partial charge in [-0.3, -0.25) is 4.79 Å². The van der Waals surface area contributed by atoms with E-state index in [-0.39, 0.29) is 24.3 Å². The van der Waals surface area contributed by atoms with E-state index in [0.717, 1.165) is 40.8 Å². The Kier molecular flexibility index (Phi) is 9.78. The number of aryl methyl sites for hydroxylation is 1. The Bertz CT molecular complexity index is 1350. The molecule has 1 heterocycles. The number of nitrogens with one attached hydrogen (secondary N) is 1. The summed E-state index contributed by atoms with van der Waals surface area (Å²) >= 11 is 0. The number of esters is 1. The highest BCUT2D eigenvalue weighted by atomic mass is 35.5. The van der Waals surface area contributed by atoms with Gasteiger partial charge in [0, 0.05) is 23.2 Å². The molecule has 4 rings (SSSR count). The second-order valence-electron chi connectivity index (χ2n) is 8.63. The molecule has 0 bridgehead atoms.